The van der Waals surface area contributed by atoms with Crippen LogP contribution >= 0.6 is 0 Å². The predicted octanol–water partition coefficient (Wildman–Crippen LogP) is 19.7. The zero-order valence-electron chi connectivity index (χ0n) is 157. The molecule has 0 aliphatic carbocycles. The van der Waals surface area contributed by atoms with E-state index in [1.807, 2.05) is 13.8 Å². The lowest BCUT2D eigenvalue weighted by Gasteiger charge is -2.47. The lowest BCUT2D eigenvalue weighted by Crippen LogP contribution is -2.48. The number of ether oxygens (including phenoxy) is 12. The Morgan fingerprint density at radius 3 is 0.754 bits per heavy atom. The van der Waals surface area contributed by atoms with Crippen molar-refractivity contribution in [3.63, 3.8) is 0 Å². The Labute approximate surface area is 956 Å². The van der Waals surface area contributed by atoms with E-state index in [0.29, 0.717) is 64.3 Å². The van der Waals surface area contributed by atoms with Crippen molar-refractivity contribution in [2.75, 3.05) is 164 Å². The number of hydrogen-bond acceptors (Lipinski definition) is 24. The van der Waals surface area contributed by atoms with Gasteiger partial charge in [0, 0.05) is 179 Å². The molecule has 0 aromatic heterocycles. The van der Waals surface area contributed by atoms with Gasteiger partial charge in [0.25, 0.3) is 0 Å². The van der Waals surface area contributed by atoms with Crippen LogP contribution in [0, 0.1) is 68.9 Å². The highest BCUT2D eigenvalue weighted by Gasteiger charge is 2.48. The van der Waals surface area contributed by atoms with Crippen molar-refractivity contribution in [1.82, 2.24) is 29.4 Å². The summed E-state index contributed by atoms with van der Waals surface area (Å²) in [7, 11) is 2.13. The number of rotatable bonds is 20. The summed E-state index contributed by atoms with van der Waals surface area (Å²) in [6.07, 6.45) is -47.6. The fraction of sp³-hybridized carbons (Fsp3) is 0.695. The van der Waals surface area contributed by atoms with Crippen molar-refractivity contribution >= 4 is 0 Å². The van der Waals surface area contributed by atoms with Crippen molar-refractivity contribution in [3.05, 3.63) is 139 Å². The molecule has 18 atom stereocenters. The van der Waals surface area contributed by atoms with E-state index >= 15 is 0 Å². The second-order valence-electron chi connectivity index (χ2n) is 37.4. The summed E-state index contributed by atoms with van der Waals surface area (Å²) >= 11 is 0. The van der Waals surface area contributed by atoms with Gasteiger partial charge < -0.3 is 87.5 Å². The van der Waals surface area contributed by atoms with Gasteiger partial charge in [0.1, 0.15) is 0 Å². The first kappa shape index (κ1) is 49.3. The van der Waals surface area contributed by atoms with Crippen molar-refractivity contribution in [3.8, 4) is 69.0 Å². The summed E-state index contributed by atoms with van der Waals surface area (Å²) in [5, 5.41) is 67.5. The highest BCUT2D eigenvalue weighted by Crippen LogP contribution is 2.53. The molecule has 18 rings (SSSR count). The predicted molar refractivity (Wildman–Crippen MR) is 565 cm³/mol. The lowest BCUT2D eigenvalue weighted by atomic mass is 9.75. The Morgan fingerprint density at radius 1 is 0.310 bits per heavy atom. The van der Waals surface area contributed by atoms with Gasteiger partial charge in [0.05, 0.1) is 159 Å². The summed E-state index contributed by atoms with van der Waals surface area (Å²) in [6.45, 7) is -21.6. The van der Waals surface area contributed by atoms with Gasteiger partial charge in [-0.15, -0.1) is 0 Å². The maximum absolute atomic E-state index is 11.4. The molecule has 12 aliphatic heterocycles. The first-order chi connectivity index (χ1) is 96.7. The Morgan fingerprint density at radius 2 is 0.521 bits per heavy atom. The molecule has 6 aromatic carbocycles. The van der Waals surface area contributed by atoms with Crippen LogP contribution in [0.15, 0.2) is 72.5 Å². The van der Waals surface area contributed by atoms with Gasteiger partial charge in [0.2, 0.25) is 0 Å². The SMILES string of the molecule is [2H]c1c2c(c([2H])c(OC([2H])([2H])[2H])c1OC)C1N(CC2)CC([2H])(C([2H])([2H])C(C)(C([2H])([2H])[2H])C([2H])([2H])[2H])C([2H])(O)C1([2H])[2H].[2H]c1c2c(c([2H])c(OC([2H])([2H])[2H])c1OC)C1N(CC2)CC([2H])(C([2H])([2H])C(C)(C([2H])([2H])[2H])C([2H])([2H])[2H])C([2H])(O)C1([2H])[2H].[2H]c1c2c(c([2H])c(OC([2H])([2H])[2H])c1OC)C1N(CC2)CC([2H])(CC(C)C)C([2H])(O)C1([2H])[2H].[2H]c1c2c(c([2H])c(OC)c1OC)C1([2H])CC(O)C(CC(C)C)CN1CC2.[2H]c1c2c(c([2H])c(OC)c1OC)C1N(CC2)CC([2H])(C([2H])([2H])C(C)(C([2H])([2H])[2H])C([2H])([2H])[2H])C([2H])(O)C1([2H])[2H].[2H]c1c2c(c([2H])c(OC)c1OC)C1N(CC2)CC([2H])(C([2H])([2H])C(C)(C([2H])([2H])[2H])C([2H])([2H])[2H])C([2H])(O)C1([2H])[2H]. The van der Waals surface area contributed by atoms with E-state index < -0.39 is 342 Å². The van der Waals surface area contributed by atoms with Gasteiger partial charge in [-0.3, -0.25) is 29.4 Å². The van der Waals surface area contributed by atoms with Gasteiger partial charge >= 0.3 is 0 Å². The molecule has 0 radical (unpaired) electrons. The molecule has 792 valence electrons. The molecule has 0 amide bonds. The summed E-state index contributed by atoms with van der Waals surface area (Å²) < 4.78 is 676. The summed E-state index contributed by atoms with van der Waals surface area (Å²) in [4.78, 5) is 8.21. The van der Waals surface area contributed by atoms with E-state index in [1.165, 1.54) is 59.6 Å². The molecular formula is C118H182N6O18. The molecule has 18 unspecified atom stereocenters. The Balaban J connectivity index is 0.000000207. The van der Waals surface area contributed by atoms with Crippen molar-refractivity contribution in [2.45, 2.75) is 298 Å². The molecule has 0 spiro atoms. The fourth-order valence-corrected chi connectivity index (χ4v) is 19.0. The van der Waals surface area contributed by atoms with Crippen LogP contribution in [-0.4, -0.2) is 260 Å². The average Bonchev–Trinajstić information content (AvgIpc) is 0.668. The van der Waals surface area contributed by atoms with Crippen LogP contribution in [0.5, 0.6) is 69.0 Å². The molecule has 0 saturated carbocycles. The van der Waals surface area contributed by atoms with Crippen LogP contribution in [0.2, 0.25) is 0 Å². The van der Waals surface area contributed by atoms with E-state index in [0.717, 1.165) is 30.4 Å². The third kappa shape index (κ3) is 27.1. The minimum Gasteiger partial charge on any atom is -0.493 e. The minimum absolute atomic E-state index is 0.000907. The number of piperidine rings is 6. The molecule has 6 aromatic rings. The Hall–Kier alpha value is -7.56. The molecule has 6 N–H and O–H groups in total. The van der Waals surface area contributed by atoms with E-state index in [4.69, 9.17) is 158 Å². The molecule has 12 aliphatic rings. The van der Waals surface area contributed by atoms with Gasteiger partial charge in [-0.25, -0.2) is 0 Å². The van der Waals surface area contributed by atoms with Crippen molar-refractivity contribution < 1.29 is 189 Å². The molecule has 0 bridgehead atoms. The second kappa shape index (κ2) is 48.2. The maximum Gasteiger partial charge on any atom is 0.161 e. The minimum atomic E-state index is -3.85. The third-order valence-corrected chi connectivity index (χ3v) is 25.2. The van der Waals surface area contributed by atoms with Crippen LogP contribution in [0.3, 0.4) is 0 Å². The van der Waals surface area contributed by atoms with Gasteiger partial charge in [-0.05, 0) is 323 Å². The molecule has 142 heavy (non-hydrogen) atoms. The van der Waals surface area contributed by atoms with E-state index in [2.05, 4.69) is 18.7 Å². The van der Waals surface area contributed by atoms with Crippen LogP contribution < -0.4 is 56.8 Å². The van der Waals surface area contributed by atoms with Crippen molar-refractivity contribution in [2.24, 2.45) is 68.9 Å². The first-order valence-electron chi connectivity index (χ1n) is 83.3. The van der Waals surface area contributed by atoms with Crippen LogP contribution in [0.1, 0.15) is 391 Å². The van der Waals surface area contributed by atoms with E-state index in [-0.39, 0.29) is 234 Å². The molecule has 24 heteroatoms. The molecular weight excluding hydrogens is 1790 g/mol. The maximum atomic E-state index is 11.4. The summed E-state index contributed by atoms with van der Waals surface area (Å²) in [5.74, 6) is -18.0. The van der Waals surface area contributed by atoms with E-state index in [1.54, 1.807) is 4.90 Å². The summed E-state index contributed by atoms with van der Waals surface area (Å²) in [6, 6.07) is -13.5. The number of hydrogen-bond donors (Lipinski definition) is 6. The van der Waals surface area contributed by atoms with Gasteiger partial charge in [-0.1, -0.05) is 110 Å². The molecule has 12 heterocycles. The average molecular weight is 2050 g/mol. The number of aliphatic hydroxyl groups excluding tert-OH is 1. The zero-order chi connectivity index (χ0) is 167. The van der Waals surface area contributed by atoms with Crippen LogP contribution in [-0.2, 0) is 38.5 Å². The van der Waals surface area contributed by atoms with Gasteiger partial charge in [0.15, 0.2) is 69.0 Å². The smallest absolute Gasteiger partial charge is 0.161 e. The van der Waals surface area contributed by atoms with Crippen LogP contribution in [0.4, 0.5) is 0 Å². The summed E-state index contributed by atoms with van der Waals surface area (Å²) in [5.41, 5.74) is -12.4. The highest BCUT2D eigenvalue weighted by atomic mass is 16.5. The standard InChI is InChI=1S/4C20H31NO3.2C19H29NO3/c4*1-20(2,3)11-14-12-21-7-6-13-8-18(23-4)19(24-5)9-15(13)16(21)10-17(14)22;2*1-12(2)7-14-11-20-6-5-13-8-18(22-3)19(23-4)9-15(13)16(20)10-17(14)21/h4*8-9,14,16-17,22H,6-7,10-12H2,1-5H3;2*8-9,12,14,16-17,21H,5-7,10-11H2,1-4H3/i2*1D3,2D3,5D3,8D,9D,10D2,11D2,14D,17D;2*1D3,2D3,8D,9D,10D2,11D2,14D,17D;4D3,8D,9D,10D2,14D,17D;8D,9D,16D. The number of benzene rings is 6. The zero-order valence-corrected chi connectivity index (χ0v) is 82.8. The van der Waals surface area contributed by atoms with Crippen molar-refractivity contribution in [1.29, 1.82) is 0 Å². The molecule has 24 nitrogen and oxygen atoms in total. The largest absolute Gasteiger partial charge is 0.493 e. The Kier molecular flexibility index (Phi) is 16.7. The second-order valence-corrected chi connectivity index (χ2v) is 37.4. The fourth-order valence-electron chi connectivity index (χ4n) is 19.0. The first-order valence-corrected chi connectivity index (χ1v) is 46.3. The Bertz CT molecular complexity index is 8350. The van der Waals surface area contributed by atoms with Gasteiger partial charge in [-0.2, -0.15) is 0 Å². The number of fused-ring (bicyclic) bond motifs is 18. The number of methoxy groups -OCH3 is 12. The number of nitrogens with zero attached hydrogens (tertiary/aromatic N) is 6. The highest BCUT2D eigenvalue weighted by molar-refractivity contribution is 5.55. The lowest BCUT2D eigenvalue weighted by molar-refractivity contribution is -0.0259. The molecule has 6 fully saturated rings. The van der Waals surface area contributed by atoms with Crippen LogP contribution in [0.25, 0.3) is 0 Å². The normalized spacial score (nSPS) is 43.9. The molecule has 6 saturated heterocycles. The van der Waals surface area contributed by atoms with E-state index in [9.17, 15) is 30.6 Å². The topological polar surface area (TPSA) is 252 Å². The third-order valence-electron chi connectivity index (χ3n) is 25.2. The number of aliphatic hydroxyl groups is 6. The quantitative estimate of drug-likeness (QED) is 0.0415. The monoisotopic (exact) mass is 2050 g/mol.